The summed E-state index contributed by atoms with van der Waals surface area (Å²) in [6.45, 7) is 23.5. The van der Waals surface area contributed by atoms with E-state index in [0.717, 1.165) is 56.1 Å². The Kier molecular flexibility index (Phi) is 9.40. The molecule has 1 aromatic rings. The molecule has 0 aromatic heterocycles. The van der Waals surface area contributed by atoms with E-state index in [-0.39, 0.29) is 32.8 Å². The molecule has 7 rings (SSSR count). The van der Waals surface area contributed by atoms with Crippen molar-refractivity contribution in [2.75, 3.05) is 37.7 Å². The fraction of sp³-hybridized carbons (Fsp3) is 0.727. The number of carboxylic acids is 1. The quantitative estimate of drug-likeness (QED) is 0.160. The summed E-state index contributed by atoms with van der Waals surface area (Å²) in [5, 5.41) is 13.7. The predicted octanol–water partition coefficient (Wildman–Crippen LogP) is 8.94. The van der Waals surface area contributed by atoms with E-state index < -0.39 is 21.3 Å². The molecule has 51 heavy (non-hydrogen) atoms. The molecule has 1 saturated heterocycles. The first kappa shape index (κ1) is 37.4. The summed E-state index contributed by atoms with van der Waals surface area (Å²) in [6.07, 6.45) is 14.5. The Bertz CT molecular complexity index is 1700. The molecular weight excluding hydrogens is 656 g/mol. The Labute approximate surface area is 308 Å². The van der Waals surface area contributed by atoms with E-state index in [4.69, 9.17) is 0 Å². The zero-order valence-corrected chi connectivity index (χ0v) is 33.2. The molecule has 4 saturated carbocycles. The number of hydrogen-bond acceptors (Lipinski definition) is 4. The number of hydrogen-bond donors (Lipinski definition) is 2. The number of halogens is 1. The number of aromatic carboxylic acids is 1. The van der Waals surface area contributed by atoms with Gasteiger partial charge in [0.25, 0.3) is 0 Å². The maximum Gasteiger partial charge on any atom is 0.338 e. The number of carbonyl (C=O) groups is 1. The zero-order chi connectivity index (χ0) is 36.8. The van der Waals surface area contributed by atoms with E-state index >= 15 is 0 Å². The van der Waals surface area contributed by atoms with Crippen molar-refractivity contribution in [1.82, 2.24) is 10.2 Å². The summed E-state index contributed by atoms with van der Waals surface area (Å²) in [4.78, 5) is 14.0. The topological polar surface area (TPSA) is 69.6 Å². The number of rotatable bonds is 8. The third kappa shape index (κ3) is 5.84. The second kappa shape index (κ2) is 12.8. The first-order valence-electron chi connectivity index (χ1n) is 20.1. The molecule has 9 atom stereocenters. The second-order valence-electron chi connectivity index (χ2n) is 19.4. The van der Waals surface area contributed by atoms with Crippen LogP contribution in [-0.2, 0) is 9.52 Å². The van der Waals surface area contributed by atoms with Crippen molar-refractivity contribution in [3.8, 4) is 0 Å². The summed E-state index contributed by atoms with van der Waals surface area (Å²) in [5.41, 5.74) is 3.82. The van der Waals surface area contributed by atoms with Crippen molar-refractivity contribution in [1.29, 1.82) is 0 Å². The van der Waals surface area contributed by atoms with Crippen LogP contribution in [0.15, 0.2) is 36.4 Å². The van der Waals surface area contributed by atoms with Gasteiger partial charge in [-0.1, -0.05) is 58.9 Å². The third-order valence-corrected chi connectivity index (χ3v) is 18.7. The Hall–Kier alpha value is -1.96. The molecule has 5 aliphatic carbocycles. The lowest BCUT2D eigenvalue weighted by Crippen LogP contribution is -2.68. The number of benzene rings is 1. The van der Waals surface area contributed by atoms with Gasteiger partial charge in [0.2, 0.25) is 0 Å². The fourth-order valence-corrected chi connectivity index (χ4v) is 15.5. The lowest BCUT2D eigenvalue weighted by Gasteiger charge is -2.72. The Balaban J connectivity index is 1.13. The molecule has 0 spiro atoms. The van der Waals surface area contributed by atoms with E-state index in [1.54, 1.807) is 0 Å². The van der Waals surface area contributed by atoms with E-state index in [1.165, 1.54) is 74.6 Å². The van der Waals surface area contributed by atoms with Crippen molar-refractivity contribution < 1.29 is 18.5 Å². The van der Waals surface area contributed by atoms with E-state index in [1.807, 2.05) is 6.07 Å². The molecule has 2 N–H and O–H groups in total. The van der Waals surface area contributed by atoms with Crippen LogP contribution in [0.1, 0.15) is 122 Å². The van der Waals surface area contributed by atoms with Crippen molar-refractivity contribution in [3.63, 3.8) is 0 Å². The van der Waals surface area contributed by atoms with Gasteiger partial charge in [-0.2, -0.15) is 0 Å². The molecule has 5 fully saturated rings. The van der Waals surface area contributed by atoms with Crippen LogP contribution in [0.5, 0.6) is 0 Å². The molecular formula is C44H65FN2O3S. The second-order valence-corrected chi connectivity index (χ2v) is 22.1. The lowest BCUT2D eigenvalue weighted by atomic mass is 9.33. The highest BCUT2D eigenvalue weighted by atomic mass is 32.2. The van der Waals surface area contributed by atoms with Gasteiger partial charge in [-0.15, -0.1) is 0 Å². The van der Waals surface area contributed by atoms with Crippen molar-refractivity contribution >= 4 is 26.9 Å². The molecule has 0 bridgehead atoms. The lowest BCUT2D eigenvalue weighted by molar-refractivity contribution is -0.219. The third-order valence-electron chi connectivity index (χ3n) is 16.8. The number of allylic oxidation sites excluding steroid dienone is 3. The van der Waals surface area contributed by atoms with Crippen molar-refractivity contribution in [2.45, 2.75) is 111 Å². The largest absolute Gasteiger partial charge is 0.478 e. The van der Waals surface area contributed by atoms with Crippen LogP contribution in [0, 0.1) is 57.1 Å². The molecule has 0 amide bonds. The monoisotopic (exact) mass is 720 g/mol. The van der Waals surface area contributed by atoms with Crippen LogP contribution in [0.2, 0.25) is 0 Å². The SMILES string of the molecule is C=C(C)[C@@H]1CC[C@]2(NCCCN3CCS(=C)(=O)CC3)CC[C@]3(C)[C@H](CC[C@@H]4[C@@]5(C)CC=C(c6ccc(C(=O)O)c(F)c6)C(C)(C)[C@@H]5CC[C@]43C)[C@@H]12. The molecule has 1 aliphatic heterocycles. The summed E-state index contributed by atoms with van der Waals surface area (Å²) in [6, 6.07) is 4.71. The minimum atomic E-state index is -1.85. The Morgan fingerprint density at radius 2 is 1.73 bits per heavy atom. The number of nitrogens with one attached hydrogen (secondary N) is 1. The smallest absolute Gasteiger partial charge is 0.338 e. The van der Waals surface area contributed by atoms with Gasteiger partial charge >= 0.3 is 5.97 Å². The maximum absolute atomic E-state index is 14.9. The van der Waals surface area contributed by atoms with Gasteiger partial charge in [0, 0.05) is 30.1 Å². The highest BCUT2D eigenvalue weighted by Gasteiger charge is 2.70. The molecule has 6 aliphatic rings. The Morgan fingerprint density at radius 1 is 1.00 bits per heavy atom. The number of carboxylic acid groups (broad SMARTS) is 1. The van der Waals surface area contributed by atoms with Gasteiger partial charge in [-0.05, 0) is 174 Å². The minimum Gasteiger partial charge on any atom is -0.478 e. The van der Waals surface area contributed by atoms with E-state index in [2.05, 4.69) is 70.3 Å². The van der Waals surface area contributed by atoms with Crippen LogP contribution in [-0.4, -0.2) is 69.3 Å². The minimum absolute atomic E-state index is 0.147. The Morgan fingerprint density at radius 3 is 2.39 bits per heavy atom. The van der Waals surface area contributed by atoms with Gasteiger partial charge in [0.05, 0.1) is 5.56 Å². The predicted molar refractivity (Wildman–Crippen MR) is 210 cm³/mol. The van der Waals surface area contributed by atoms with Crippen LogP contribution < -0.4 is 5.32 Å². The molecule has 5 nitrogen and oxygen atoms in total. The van der Waals surface area contributed by atoms with E-state index in [0.29, 0.717) is 29.6 Å². The standard InChI is InChI=1S/C44H65FN2O3S/c1-29(2)31-14-19-44(46-22-9-23-47-24-26-51(8,50)27-25-47)21-20-42(6)34(38(31)44)12-13-37-41(5)17-15-33(30-10-11-32(39(48)49)35(45)28-30)40(3,4)36(41)16-18-43(37,42)7/h10-11,15,28,31,34,36-38,46H,1,8-9,12-14,16-27H2,2-7H3,(H,48,49)/t31-,34+,36-,37+,38+,41-,42+,43+,44-/m0/s1. The van der Waals surface area contributed by atoms with Gasteiger partial charge in [-0.3, -0.25) is 4.21 Å². The first-order chi connectivity index (χ1) is 23.9. The summed E-state index contributed by atoms with van der Waals surface area (Å²) in [7, 11) is -1.85. The summed E-state index contributed by atoms with van der Waals surface area (Å²) >= 11 is 0. The summed E-state index contributed by atoms with van der Waals surface area (Å²) in [5.74, 6) is 6.54. The molecule has 0 radical (unpaired) electrons. The zero-order valence-electron chi connectivity index (χ0n) is 32.4. The van der Waals surface area contributed by atoms with Gasteiger partial charge < -0.3 is 15.3 Å². The van der Waals surface area contributed by atoms with Crippen LogP contribution >= 0.6 is 0 Å². The highest BCUT2D eigenvalue weighted by molar-refractivity contribution is 8.00. The molecule has 1 aromatic carbocycles. The molecule has 1 heterocycles. The summed E-state index contributed by atoms with van der Waals surface area (Å²) < 4.78 is 27.3. The van der Waals surface area contributed by atoms with Gasteiger partial charge in [0.1, 0.15) is 5.82 Å². The molecule has 282 valence electrons. The van der Waals surface area contributed by atoms with E-state index in [9.17, 15) is 18.5 Å². The van der Waals surface area contributed by atoms with Gasteiger partial charge in [-0.25, -0.2) is 9.18 Å². The van der Waals surface area contributed by atoms with Crippen molar-refractivity contribution in [2.24, 2.45) is 51.2 Å². The maximum atomic E-state index is 14.9. The normalized spacial score (nSPS) is 41.4. The van der Waals surface area contributed by atoms with Crippen LogP contribution in [0.3, 0.4) is 0 Å². The highest BCUT2D eigenvalue weighted by Crippen LogP contribution is 2.76. The average molecular weight is 721 g/mol. The number of fused-ring (bicyclic) bond motifs is 7. The van der Waals surface area contributed by atoms with Gasteiger partial charge in [0.15, 0.2) is 0 Å². The van der Waals surface area contributed by atoms with Crippen LogP contribution in [0.4, 0.5) is 4.39 Å². The average Bonchev–Trinajstić information content (AvgIpc) is 3.44. The molecule has 7 heteroatoms. The number of nitrogens with zero attached hydrogens (tertiary/aromatic N) is 1. The molecule has 0 unspecified atom stereocenters. The first-order valence-corrected chi connectivity index (χ1v) is 22.1. The fourth-order valence-electron chi connectivity index (χ4n) is 14.1. The van der Waals surface area contributed by atoms with Crippen LogP contribution in [0.25, 0.3) is 5.57 Å². The van der Waals surface area contributed by atoms with Crippen molar-refractivity contribution in [3.05, 3.63) is 53.4 Å².